The molecule has 0 aliphatic rings. The molecule has 1 N–H and O–H groups in total. The summed E-state index contributed by atoms with van der Waals surface area (Å²) >= 11 is 0. The van der Waals surface area contributed by atoms with Crippen LogP contribution in [0.1, 0.15) is 45.2 Å². The molecule has 0 radical (unpaired) electrons. The summed E-state index contributed by atoms with van der Waals surface area (Å²) in [6.07, 6.45) is 7.06. The van der Waals surface area contributed by atoms with Gasteiger partial charge in [-0.3, -0.25) is 0 Å². The molecule has 0 aromatic carbocycles. The van der Waals surface area contributed by atoms with Crippen LogP contribution in [0.4, 0.5) is 5.95 Å². The quantitative estimate of drug-likeness (QED) is 0.699. The Bertz CT molecular complexity index is 278. The van der Waals surface area contributed by atoms with Gasteiger partial charge in [0.2, 0.25) is 5.95 Å². The third kappa shape index (κ3) is 3.94. The van der Waals surface area contributed by atoms with Gasteiger partial charge in [-0.05, 0) is 19.8 Å². The zero-order chi connectivity index (χ0) is 11.1. The molecule has 1 rings (SSSR count). The van der Waals surface area contributed by atoms with Gasteiger partial charge >= 0.3 is 0 Å². The van der Waals surface area contributed by atoms with E-state index in [0.717, 1.165) is 31.2 Å². The number of anilines is 1. The highest BCUT2D eigenvalue weighted by atomic mass is 15.2. The van der Waals surface area contributed by atoms with Gasteiger partial charge in [0.15, 0.2) is 0 Å². The SMILES string of the molecule is CCCCCNc1nc(C)cn1CCC. The van der Waals surface area contributed by atoms with Crippen molar-refractivity contribution < 1.29 is 0 Å². The highest BCUT2D eigenvalue weighted by Crippen LogP contribution is 2.09. The van der Waals surface area contributed by atoms with Gasteiger partial charge in [-0.25, -0.2) is 4.98 Å². The smallest absolute Gasteiger partial charge is 0.203 e. The van der Waals surface area contributed by atoms with Crippen molar-refractivity contribution >= 4 is 5.95 Å². The number of hydrogen-bond donors (Lipinski definition) is 1. The van der Waals surface area contributed by atoms with Crippen molar-refractivity contribution in [3.05, 3.63) is 11.9 Å². The zero-order valence-electron chi connectivity index (χ0n) is 10.2. The van der Waals surface area contributed by atoms with Crippen LogP contribution in [-0.4, -0.2) is 16.1 Å². The Kier molecular flexibility index (Phi) is 5.22. The van der Waals surface area contributed by atoms with Gasteiger partial charge in [0, 0.05) is 19.3 Å². The Morgan fingerprint density at radius 3 is 2.73 bits per heavy atom. The van der Waals surface area contributed by atoms with Crippen LogP contribution >= 0.6 is 0 Å². The van der Waals surface area contributed by atoms with E-state index in [1.807, 2.05) is 6.92 Å². The van der Waals surface area contributed by atoms with Gasteiger partial charge in [-0.1, -0.05) is 26.7 Å². The minimum Gasteiger partial charge on any atom is -0.356 e. The third-order valence-corrected chi connectivity index (χ3v) is 2.42. The van der Waals surface area contributed by atoms with E-state index in [9.17, 15) is 0 Å². The number of hydrogen-bond acceptors (Lipinski definition) is 2. The first-order chi connectivity index (χ1) is 7.27. The van der Waals surface area contributed by atoms with Crippen LogP contribution in [-0.2, 0) is 6.54 Å². The first-order valence-corrected chi connectivity index (χ1v) is 6.05. The predicted molar refractivity (Wildman–Crippen MR) is 65.3 cm³/mol. The van der Waals surface area contributed by atoms with Crippen LogP contribution in [0.3, 0.4) is 0 Å². The maximum absolute atomic E-state index is 4.48. The lowest BCUT2D eigenvalue weighted by molar-refractivity contribution is 0.675. The largest absolute Gasteiger partial charge is 0.356 e. The van der Waals surface area contributed by atoms with Crippen LogP contribution in [0.15, 0.2) is 6.20 Å². The maximum Gasteiger partial charge on any atom is 0.203 e. The normalized spacial score (nSPS) is 10.6. The molecule has 1 heterocycles. The number of aryl methyl sites for hydroxylation is 2. The average molecular weight is 209 g/mol. The highest BCUT2D eigenvalue weighted by Gasteiger charge is 2.03. The second-order valence-electron chi connectivity index (χ2n) is 4.03. The summed E-state index contributed by atoms with van der Waals surface area (Å²) < 4.78 is 2.21. The molecular formula is C12H23N3. The lowest BCUT2D eigenvalue weighted by atomic mass is 10.2. The Hall–Kier alpha value is -0.990. The average Bonchev–Trinajstić information content (AvgIpc) is 2.55. The molecule has 0 saturated heterocycles. The molecule has 0 atom stereocenters. The summed E-state index contributed by atoms with van der Waals surface area (Å²) in [6.45, 7) is 8.55. The Balaban J connectivity index is 2.44. The fraction of sp³-hybridized carbons (Fsp3) is 0.750. The van der Waals surface area contributed by atoms with Crippen LogP contribution in [0.2, 0.25) is 0 Å². The molecule has 0 amide bonds. The van der Waals surface area contributed by atoms with Crippen molar-refractivity contribution in [2.24, 2.45) is 0 Å². The number of nitrogens with one attached hydrogen (secondary N) is 1. The minimum absolute atomic E-state index is 1.03. The topological polar surface area (TPSA) is 29.9 Å². The van der Waals surface area contributed by atoms with Crippen molar-refractivity contribution in [3.8, 4) is 0 Å². The molecule has 0 spiro atoms. The van der Waals surface area contributed by atoms with Crippen LogP contribution in [0.25, 0.3) is 0 Å². The van der Waals surface area contributed by atoms with Crippen molar-refractivity contribution in [2.45, 2.75) is 53.0 Å². The van der Waals surface area contributed by atoms with Gasteiger partial charge in [-0.15, -0.1) is 0 Å². The minimum atomic E-state index is 1.03. The van der Waals surface area contributed by atoms with Crippen LogP contribution in [0.5, 0.6) is 0 Å². The Labute approximate surface area is 92.9 Å². The summed E-state index contributed by atoms with van der Waals surface area (Å²) in [5.74, 6) is 1.03. The summed E-state index contributed by atoms with van der Waals surface area (Å²) in [5, 5.41) is 3.41. The summed E-state index contributed by atoms with van der Waals surface area (Å²) in [4.78, 5) is 4.48. The van der Waals surface area contributed by atoms with Gasteiger partial charge in [0.05, 0.1) is 5.69 Å². The standard InChI is InChI=1S/C12H23N3/c1-4-6-7-8-13-12-14-11(3)10-15(12)9-5-2/h10H,4-9H2,1-3H3,(H,13,14). The molecule has 0 unspecified atom stereocenters. The van der Waals surface area contributed by atoms with E-state index >= 15 is 0 Å². The fourth-order valence-electron chi connectivity index (χ4n) is 1.67. The van der Waals surface area contributed by atoms with E-state index in [-0.39, 0.29) is 0 Å². The van der Waals surface area contributed by atoms with Crippen molar-refractivity contribution in [3.63, 3.8) is 0 Å². The summed E-state index contributed by atoms with van der Waals surface area (Å²) in [5.41, 5.74) is 1.10. The number of imidazole rings is 1. The summed E-state index contributed by atoms with van der Waals surface area (Å²) in [7, 11) is 0. The van der Waals surface area contributed by atoms with Crippen molar-refractivity contribution in [1.29, 1.82) is 0 Å². The third-order valence-electron chi connectivity index (χ3n) is 2.42. The molecular weight excluding hydrogens is 186 g/mol. The highest BCUT2D eigenvalue weighted by molar-refractivity contribution is 5.28. The van der Waals surface area contributed by atoms with E-state index in [0.29, 0.717) is 0 Å². The Morgan fingerprint density at radius 1 is 1.27 bits per heavy atom. The molecule has 0 fully saturated rings. The molecule has 3 nitrogen and oxygen atoms in total. The van der Waals surface area contributed by atoms with E-state index < -0.39 is 0 Å². The van der Waals surface area contributed by atoms with Crippen LogP contribution < -0.4 is 5.32 Å². The number of rotatable bonds is 7. The van der Waals surface area contributed by atoms with Crippen LogP contribution in [0, 0.1) is 6.92 Å². The van der Waals surface area contributed by atoms with Crippen molar-refractivity contribution in [1.82, 2.24) is 9.55 Å². The number of unbranched alkanes of at least 4 members (excludes halogenated alkanes) is 2. The van der Waals surface area contributed by atoms with Crippen molar-refractivity contribution in [2.75, 3.05) is 11.9 Å². The molecule has 0 aliphatic carbocycles. The predicted octanol–water partition coefficient (Wildman–Crippen LogP) is 3.20. The molecule has 1 aromatic rings. The Morgan fingerprint density at radius 2 is 2.07 bits per heavy atom. The molecule has 3 heteroatoms. The van der Waals surface area contributed by atoms with Gasteiger partial charge in [0.1, 0.15) is 0 Å². The van der Waals surface area contributed by atoms with E-state index in [1.54, 1.807) is 0 Å². The molecule has 1 aromatic heterocycles. The second-order valence-corrected chi connectivity index (χ2v) is 4.03. The van der Waals surface area contributed by atoms with Gasteiger partial charge in [-0.2, -0.15) is 0 Å². The first kappa shape index (κ1) is 12.1. The van der Waals surface area contributed by atoms with Gasteiger partial charge in [0.25, 0.3) is 0 Å². The van der Waals surface area contributed by atoms with E-state index in [1.165, 1.54) is 19.3 Å². The molecule has 15 heavy (non-hydrogen) atoms. The van der Waals surface area contributed by atoms with E-state index in [2.05, 4.69) is 34.9 Å². The lowest BCUT2D eigenvalue weighted by Crippen LogP contribution is -2.08. The number of nitrogens with zero attached hydrogens (tertiary/aromatic N) is 2. The summed E-state index contributed by atoms with van der Waals surface area (Å²) in [6, 6.07) is 0. The molecule has 0 bridgehead atoms. The monoisotopic (exact) mass is 209 g/mol. The maximum atomic E-state index is 4.48. The molecule has 0 aliphatic heterocycles. The molecule has 0 saturated carbocycles. The van der Waals surface area contributed by atoms with Gasteiger partial charge < -0.3 is 9.88 Å². The first-order valence-electron chi connectivity index (χ1n) is 6.05. The lowest BCUT2D eigenvalue weighted by Gasteiger charge is -2.07. The molecule has 86 valence electrons. The van der Waals surface area contributed by atoms with E-state index in [4.69, 9.17) is 0 Å². The second kappa shape index (κ2) is 6.49. The zero-order valence-corrected chi connectivity index (χ0v) is 10.2. The fourth-order valence-corrected chi connectivity index (χ4v) is 1.67. The number of aromatic nitrogens is 2.